The topological polar surface area (TPSA) is 139 Å². The van der Waals surface area contributed by atoms with E-state index in [0.29, 0.717) is 9.87 Å². The highest BCUT2D eigenvalue weighted by atomic mass is 32.2. The predicted molar refractivity (Wildman–Crippen MR) is 146 cm³/mol. The van der Waals surface area contributed by atoms with Crippen molar-refractivity contribution in [2.45, 2.75) is 63.1 Å². The predicted octanol–water partition coefficient (Wildman–Crippen LogP) is 2.46. The molecule has 0 aliphatic carbocycles. The lowest BCUT2D eigenvalue weighted by molar-refractivity contribution is -0.162. The monoisotopic (exact) mass is 573 g/mol. The molecule has 0 aromatic heterocycles. The van der Waals surface area contributed by atoms with Crippen LogP contribution in [-0.4, -0.2) is 79.7 Å². The molecular formula is C28H35N3O8S. The van der Waals surface area contributed by atoms with Crippen LogP contribution in [0, 0.1) is 6.92 Å². The van der Waals surface area contributed by atoms with Crippen molar-refractivity contribution in [2.24, 2.45) is 0 Å². The molecule has 1 heterocycles. The first-order valence-corrected chi connectivity index (χ1v) is 14.1. The van der Waals surface area contributed by atoms with E-state index in [1.807, 2.05) is 0 Å². The van der Waals surface area contributed by atoms with Crippen LogP contribution in [-0.2, 0) is 35.6 Å². The molecule has 2 atom stereocenters. The summed E-state index contributed by atoms with van der Waals surface area (Å²) in [7, 11) is -1.50. The van der Waals surface area contributed by atoms with Crippen molar-refractivity contribution in [1.29, 1.82) is 0 Å². The molecule has 11 nitrogen and oxygen atoms in total. The van der Waals surface area contributed by atoms with E-state index in [0.717, 1.165) is 5.56 Å². The largest absolute Gasteiger partial charge is 0.458 e. The Hall–Kier alpha value is -3.77. The molecule has 0 spiro atoms. The molecule has 2 aromatic rings. The number of ketones is 1. The molecule has 2 aromatic carbocycles. The number of hydrogen-bond acceptors (Lipinski definition) is 9. The highest BCUT2D eigenvalue weighted by Gasteiger charge is 2.45. The second kappa shape index (κ2) is 12.2. The fourth-order valence-corrected chi connectivity index (χ4v) is 5.51. The Morgan fingerprint density at radius 2 is 1.62 bits per heavy atom. The van der Waals surface area contributed by atoms with Crippen LogP contribution in [0.25, 0.3) is 0 Å². The van der Waals surface area contributed by atoms with Gasteiger partial charge in [-0.3, -0.25) is 14.9 Å². The zero-order valence-electron chi connectivity index (χ0n) is 23.5. The summed E-state index contributed by atoms with van der Waals surface area (Å²) in [5.41, 5.74) is 0.301. The van der Waals surface area contributed by atoms with Crippen LogP contribution in [0.3, 0.4) is 0 Å². The average molecular weight is 574 g/mol. The number of carbonyl (C=O) groups excluding carboxylic acids is 4. The number of sulfonamides is 1. The number of nitrogens with zero attached hydrogens (tertiary/aromatic N) is 2. The Kier molecular flexibility index (Phi) is 9.36. The van der Waals surface area contributed by atoms with Gasteiger partial charge in [0, 0.05) is 26.9 Å². The molecule has 0 radical (unpaired) electrons. The smallest absolute Gasteiger partial charge is 0.414 e. The lowest BCUT2D eigenvalue weighted by Crippen LogP contribution is -2.55. The second-order valence-electron chi connectivity index (χ2n) is 10.8. The van der Waals surface area contributed by atoms with Gasteiger partial charge in [0.15, 0.2) is 0 Å². The number of carbonyl (C=O) groups is 4. The second-order valence-corrected chi connectivity index (χ2v) is 12.6. The summed E-state index contributed by atoms with van der Waals surface area (Å²) in [6.07, 6.45) is -1.01. The third-order valence-electron chi connectivity index (χ3n) is 5.96. The van der Waals surface area contributed by atoms with Crippen molar-refractivity contribution >= 4 is 33.8 Å². The summed E-state index contributed by atoms with van der Waals surface area (Å²) in [6, 6.07) is 9.31. The van der Waals surface area contributed by atoms with Crippen molar-refractivity contribution in [3.05, 3.63) is 59.7 Å². The van der Waals surface area contributed by atoms with E-state index < -0.39 is 45.7 Å². The van der Waals surface area contributed by atoms with Crippen LogP contribution in [0.5, 0.6) is 5.75 Å². The lowest BCUT2D eigenvalue weighted by atomic mass is 10.0. The number of rotatable bonds is 8. The normalized spacial score (nSPS) is 16.2. The molecule has 1 fully saturated rings. The molecule has 1 aliphatic rings. The quantitative estimate of drug-likeness (QED) is 0.472. The summed E-state index contributed by atoms with van der Waals surface area (Å²) >= 11 is 0. The van der Waals surface area contributed by atoms with E-state index in [4.69, 9.17) is 9.47 Å². The Bertz CT molecular complexity index is 1360. The van der Waals surface area contributed by atoms with Crippen molar-refractivity contribution in [3.63, 3.8) is 0 Å². The van der Waals surface area contributed by atoms with Crippen LogP contribution in [0.1, 0.15) is 38.3 Å². The van der Waals surface area contributed by atoms with Gasteiger partial charge in [0.25, 0.3) is 15.9 Å². The van der Waals surface area contributed by atoms with Crippen molar-refractivity contribution in [1.82, 2.24) is 14.5 Å². The van der Waals surface area contributed by atoms with Gasteiger partial charge < -0.3 is 14.4 Å². The molecule has 1 saturated heterocycles. The molecule has 1 N–H and O–H groups in total. The minimum absolute atomic E-state index is 0.0843. The van der Waals surface area contributed by atoms with Crippen molar-refractivity contribution in [3.8, 4) is 5.75 Å². The number of aryl methyl sites for hydroxylation is 1. The Morgan fingerprint density at radius 1 is 1.02 bits per heavy atom. The van der Waals surface area contributed by atoms with Gasteiger partial charge in [0.1, 0.15) is 23.2 Å². The molecule has 12 heteroatoms. The van der Waals surface area contributed by atoms with Gasteiger partial charge in [-0.1, -0.05) is 29.8 Å². The molecule has 216 valence electrons. The van der Waals surface area contributed by atoms with E-state index in [1.165, 1.54) is 43.3 Å². The maximum atomic E-state index is 14.0. The summed E-state index contributed by atoms with van der Waals surface area (Å²) in [5.74, 6) is -1.87. The number of esters is 1. The van der Waals surface area contributed by atoms with Gasteiger partial charge in [-0.2, -0.15) is 0 Å². The lowest BCUT2D eigenvalue weighted by Gasteiger charge is -2.33. The number of amides is 2. The Morgan fingerprint density at radius 3 is 2.12 bits per heavy atom. The fourth-order valence-electron chi connectivity index (χ4n) is 3.94. The van der Waals surface area contributed by atoms with E-state index in [2.05, 4.69) is 5.32 Å². The molecular weight excluding hydrogens is 538 g/mol. The highest BCUT2D eigenvalue weighted by Crippen LogP contribution is 2.26. The van der Waals surface area contributed by atoms with Gasteiger partial charge in [0.05, 0.1) is 17.5 Å². The summed E-state index contributed by atoms with van der Waals surface area (Å²) in [6.45, 7) is 6.60. The number of ether oxygens (including phenoxy) is 2. The minimum atomic E-state index is -4.57. The van der Waals surface area contributed by atoms with Gasteiger partial charge in [-0.25, -0.2) is 22.3 Å². The number of benzene rings is 2. The van der Waals surface area contributed by atoms with Gasteiger partial charge in [-0.05, 0) is 57.5 Å². The first-order valence-electron chi connectivity index (χ1n) is 12.7. The first-order chi connectivity index (χ1) is 18.6. The van der Waals surface area contributed by atoms with Gasteiger partial charge in [0.2, 0.25) is 0 Å². The average Bonchev–Trinajstić information content (AvgIpc) is 3.30. The van der Waals surface area contributed by atoms with E-state index >= 15 is 0 Å². The van der Waals surface area contributed by atoms with Crippen LogP contribution >= 0.6 is 0 Å². The zero-order valence-corrected chi connectivity index (χ0v) is 24.3. The molecule has 3 rings (SSSR count). The molecule has 0 bridgehead atoms. The van der Waals surface area contributed by atoms with E-state index in [1.54, 1.807) is 52.0 Å². The highest BCUT2D eigenvalue weighted by molar-refractivity contribution is 7.89. The minimum Gasteiger partial charge on any atom is -0.458 e. The Balaban J connectivity index is 2.08. The number of hydrogen-bond donors (Lipinski definition) is 1. The van der Waals surface area contributed by atoms with Crippen LogP contribution < -0.4 is 10.1 Å². The third kappa shape index (κ3) is 7.66. The number of nitrogens with one attached hydrogen (secondary N) is 1. The van der Waals surface area contributed by atoms with E-state index in [-0.39, 0.29) is 35.8 Å². The fraction of sp³-hybridized carbons (Fsp3) is 0.429. The maximum Gasteiger partial charge on any atom is 0.414 e. The first kappa shape index (κ1) is 30.8. The number of Topliss-reactive ketones (excluding diaryl/α,β-unsaturated/α-hetero) is 1. The standard InChI is InChI=1S/C28H35N3O8S/c1-18-7-13-22(14-8-18)40(36,37)31(25(33)23-16-20(32)17-29-23)24(26(34)39-28(2,3)4)15-19-9-11-21(12-10-19)38-27(35)30(5)6/h7-14,23-24,29H,15-17H2,1-6H3/t23-,24-/m0/s1. The van der Waals surface area contributed by atoms with Gasteiger partial charge >= 0.3 is 12.1 Å². The molecule has 40 heavy (non-hydrogen) atoms. The Labute approximate surface area is 234 Å². The summed E-state index contributed by atoms with van der Waals surface area (Å²) in [4.78, 5) is 52.3. The van der Waals surface area contributed by atoms with Crippen molar-refractivity contribution < 1.29 is 37.1 Å². The molecule has 0 saturated carbocycles. The maximum absolute atomic E-state index is 14.0. The molecule has 1 aliphatic heterocycles. The molecule has 2 amide bonds. The van der Waals surface area contributed by atoms with Crippen LogP contribution in [0.4, 0.5) is 4.79 Å². The zero-order chi connectivity index (χ0) is 29.8. The van der Waals surface area contributed by atoms with Crippen molar-refractivity contribution in [2.75, 3.05) is 20.6 Å². The third-order valence-corrected chi connectivity index (χ3v) is 7.78. The molecule has 0 unspecified atom stereocenters. The summed E-state index contributed by atoms with van der Waals surface area (Å²) in [5, 5.41) is 2.75. The summed E-state index contributed by atoms with van der Waals surface area (Å²) < 4.78 is 39.3. The van der Waals surface area contributed by atoms with Crippen LogP contribution in [0.15, 0.2) is 53.4 Å². The van der Waals surface area contributed by atoms with Crippen LogP contribution in [0.2, 0.25) is 0 Å². The van der Waals surface area contributed by atoms with E-state index in [9.17, 15) is 27.6 Å². The SMILES string of the molecule is Cc1ccc(S(=O)(=O)N(C(=O)[C@@H]2CC(=O)CN2)[C@@H](Cc2ccc(OC(=O)N(C)C)cc2)C(=O)OC(C)(C)C)cc1. The van der Waals surface area contributed by atoms with Gasteiger partial charge in [-0.15, -0.1) is 0 Å².